The van der Waals surface area contributed by atoms with Crippen LogP contribution in [0.4, 0.5) is 0 Å². The van der Waals surface area contributed by atoms with Gasteiger partial charge in [-0.2, -0.15) is 5.10 Å². The number of rotatable bonds is 6. The maximum absolute atomic E-state index is 4.43. The zero-order chi connectivity index (χ0) is 13.0. The predicted octanol–water partition coefficient (Wildman–Crippen LogP) is 0.808. The van der Waals surface area contributed by atoms with Gasteiger partial charge in [-0.15, -0.1) is 10.2 Å². The number of nitrogens with zero attached hydrogens (tertiary/aromatic N) is 5. The summed E-state index contributed by atoms with van der Waals surface area (Å²) in [5.74, 6) is 0.959. The topological polar surface area (TPSA) is 60.6 Å². The van der Waals surface area contributed by atoms with Gasteiger partial charge in [-0.25, -0.2) is 0 Å². The highest BCUT2D eigenvalue weighted by molar-refractivity contribution is 5.06. The van der Waals surface area contributed by atoms with E-state index in [-0.39, 0.29) is 0 Å². The Labute approximate surface area is 107 Å². The van der Waals surface area contributed by atoms with Crippen molar-refractivity contribution in [2.75, 3.05) is 6.54 Å². The van der Waals surface area contributed by atoms with Crippen LogP contribution >= 0.6 is 0 Å². The van der Waals surface area contributed by atoms with E-state index in [1.807, 2.05) is 18.5 Å². The van der Waals surface area contributed by atoms with Crippen molar-refractivity contribution >= 4 is 0 Å². The van der Waals surface area contributed by atoms with Crippen LogP contribution in [0.1, 0.15) is 23.6 Å². The fourth-order valence-corrected chi connectivity index (χ4v) is 1.92. The molecule has 0 amide bonds. The summed E-state index contributed by atoms with van der Waals surface area (Å²) in [4.78, 5) is 0. The average Bonchev–Trinajstić information content (AvgIpc) is 2.86. The Morgan fingerprint density at radius 2 is 2.17 bits per heavy atom. The molecule has 0 bridgehead atoms. The van der Waals surface area contributed by atoms with Crippen molar-refractivity contribution in [2.45, 2.75) is 33.4 Å². The molecule has 0 radical (unpaired) electrons. The summed E-state index contributed by atoms with van der Waals surface area (Å²) in [6.45, 7) is 6.77. The molecule has 2 aromatic heterocycles. The molecule has 0 aliphatic rings. The Kier molecular flexibility index (Phi) is 4.09. The highest BCUT2D eigenvalue weighted by atomic mass is 15.3. The Balaban J connectivity index is 1.67. The van der Waals surface area contributed by atoms with Crippen molar-refractivity contribution in [2.24, 2.45) is 7.05 Å². The number of hydrogen-bond donors (Lipinski definition) is 1. The first-order valence-electron chi connectivity index (χ1n) is 6.21. The number of aryl methyl sites for hydroxylation is 4. The molecule has 98 valence electrons. The van der Waals surface area contributed by atoms with E-state index in [2.05, 4.69) is 38.3 Å². The SMILES string of the molecule is Cc1cc(C)n(CCCNCc2nncn2C)n1. The van der Waals surface area contributed by atoms with E-state index in [9.17, 15) is 0 Å². The molecule has 0 saturated heterocycles. The van der Waals surface area contributed by atoms with Crippen LogP contribution in [0, 0.1) is 13.8 Å². The molecule has 6 nitrogen and oxygen atoms in total. The Morgan fingerprint density at radius 1 is 1.33 bits per heavy atom. The highest BCUT2D eigenvalue weighted by Gasteiger charge is 2.01. The molecule has 6 heteroatoms. The molecule has 18 heavy (non-hydrogen) atoms. The first kappa shape index (κ1) is 12.8. The van der Waals surface area contributed by atoms with Crippen LogP contribution in [0.2, 0.25) is 0 Å². The summed E-state index contributed by atoms with van der Waals surface area (Å²) in [5, 5.41) is 15.7. The van der Waals surface area contributed by atoms with Crippen LogP contribution in [0.25, 0.3) is 0 Å². The van der Waals surface area contributed by atoms with Gasteiger partial charge in [-0.3, -0.25) is 4.68 Å². The van der Waals surface area contributed by atoms with Gasteiger partial charge in [-0.1, -0.05) is 0 Å². The minimum absolute atomic E-state index is 0.758. The van der Waals surface area contributed by atoms with E-state index in [1.54, 1.807) is 6.33 Å². The standard InChI is InChI=1S/C12H20N6/c1-10-7-11(2)18(16-10)6-4-5-13-8-12-15-14-9-17(12)3/h7,9,13H,4-6,8H2,1-3H3. The second-order valence-electron chi connectivity index (χ2n) is 4.54. The van der Waals surface area contributed by atoms with Gasteiger partial charge in [0.05, 0.1) is 12.2 Å². The first-order chi connectivity index (χ1) is 8.66. The molecule has 2 rings (SSSR count). The Hall–Kier alpha value is -1.69. The van der Waals surface area contributed by atoms with Crippen molar-refractivity contribution < 1.29 is 0 Å². The van der Waals surface area contributed by atoms with Gasteiger partial charge in [0.25, 0.3) is 0 Å². The van der Waals surface area contributed by atoms with Gasteiger partial charge in [0.2, 0.25) is 0 Å². The van der Waals surface area contributed by atoms with Gasteiger partial charge < -0.3 is 9.88 Å². The van der Waals surface area contributed by atoms with Gasteiger partial charge in [0.15, 0.2) is 0 Å². The second-order valence-corrected chi connectivity index (χ2v) is 4.54. The fraction of sp³-hybridized carbons (Fsp3) is 0.583. The quantitative estimate of drug-likeness (QED) is 0.768. The summed E-state index contributed by atoms with van der Waals surface area (Å²) < 4.78 is 3.98. The molecular weight excluding hydrogens is 228 g/mol. The average molecular weight is 248 g/mol. The summed E-state index contributed by atoms with van der Waals surface area (Å²) in [6, 6.07) is 2.10. The number of hydrogen-bond acceptors (Lipinski definition) is 4. The van der Waals surface area contributed by atoms with E-state index in [0.717, 1.165) is 37.6 Å². The smallest absolute Gasteiger partial charge is 0.146 e. The molecule has 0 aliphatic carbocycles. The Bertz CT molecular complexity index is 498. The molecule has 0 unspecified atom stereocenters. The highest BCUT2D eigenvalue weighted by Crippen LogP contribution is 2.02. The van der Waals surface area contributed by atoms with E-state index in [0.29, 0.717) is 0 Å². The lowest BCUT2D eigenvalue weighted by atomic mass is 10.4. The lowest BCUT2D eigenvalue weighted by Gasteiger charge is -2.06. The zero-order valence-electron chi connectivity index (χ0n) is 11.2. The minimum atomic E-state index is 0.758. The third-order valence-corrected chi connectivity index (χ3v) is 2.92. The fourth-order valence-electron chi connectivity index (χ4n) is 1.92. The van der Waals surface area contributed by atoms with Crippen LogP contribution in [0.15, 0.2) is 12.4 Å². The molecule has 0 fully saturated rings. The minimum Gasteiger partial charge on any atom is -0.320 e. The van der Waals surface area contributed by atoms with Gasteiger partial charge in [0.1, 0.15) is 12.2 Å². The molecule has 0 spiro atoms. The van der Waals surface area contributed by atoms with E-state index < -0.39 is 0 Å². The summed E-state index contributed by atoms with van der Waals surface area (Å²) in [7, 11) is 1.95. The maximum atomic E-state index is 4.43. The van der Waals surface area contributed by atoms with Crippen molar-refractivity contribution in [1.29, 1.82) is 0 Å². The lowest BCUT2D eigenvalue weighted by molar-refractivity contribution is 0.524. The van der Waals surface area contributed by atoms with Gasteiger partial charge >= 0.3 is 0 Å². The largest absolute Gasteiger partial charge is 0.320 e. The molecule has 0 aromatic carbocycles. The zero-order valence-corrected chi connectivity index (χ0v) is 11.2. The van der Waals surface area contributed by atoms with Crippen LogP contribution in [0.3, 0.4) is 0 Å². The van der Waals surface area contributed by atoms with E-state index in [1.165, 1.54) is 5.69 Å². The maximum Gasteiger partial charge on any atom is 0.146 e. The monoisotopic (exact) mass is 248 g/mol. The van der Waals surface area contributed by atoms with Crippen molar-refractivity contribution in [1.82, 2.24) is 29.9 Å². The van der Waals surface area contributed by atoms with Crippen molar-refractivity contribution in [3.8, 4) is 0 Å². The number of nitrogens with one attached hydrogen (secondary N) is 1. The normalized spacial score (nSPS) is 11.1. The molecule has 1 N–H and O–H groups in total. The molecule has 0 saturated carbocycles. The molecule has 2 heterocycles. The van der Waals surface area contributed by atoms with Gasteiger partial charge in [-0.05, 0) is 32.9 Å². The molecule has 0 atom stereocenters. The van der Waals surface area contributed by atoms with Crippen molar-refractivity contribution in [3.05, 3.63) is 29.6 Å². The summed E-state index contributed by atoms with van der Waals surface area (Å²) in [5.41, 5.74) is 2.31. The van der Waals surface area contributed by atoms with Gasteiger partial charge in [0, 0.05) is 19.3 Å². The second kappa shape index (κ2) is 5.77. The van der Waals surface area contributed by atoms with Crippen LogP contribution in [-0.2, 0) is 20.1 Å². The third-order valence-electron chi connectivity index (χ3n) is 2.92. The summed E-state index contributed by atoms with van der Waals surface area (Å²) >= 11 is 0. The number of aromatic nitrogens is 5. The summed E-state index contributed by atoms with van der Waals surface area (Å²) in [6.07, 6.45) is 2.77. The van der Waals surface area contributed by atoms with Crippen molar-refractivity contribution in [3.63, 3.8) is 0 Å². The van der Waals surface area contributed by atoms with E-state index in [4.69, 9.17) is 0 Å². The molecule has 2 aromatic rings. The molecule has 0 aliphatic heterocycles. The Morgan fingerprint density at radius 3 is 2.78 bits per heavy atom. The molecular formula is C12H20N6. The predicted molar refractivity (Wildman–Crippen MR) is 69.0 cm³/mol. The van der Waals surface area contributed by atoms with Crippen LogP contribution in [0.5, 0.6) is 0 Å². The first-order valence-corrected chi connectivity index (χ1v) is 6.21. The van der Waals surface area contributed by atoms with Crippen LogP contribution in [-0.4, -0.2) is 31.1 Å². The third kappa shape index (κ3) is 3.16. The van der Waals surface area contributed by atoms with E-state index >= 15 is 0 Å². The lowest BCUT2D eigenvalue weighted by Crippen LogP contribution is -2.19. The van der Waals surface area contributed by atoms with Crippen LogP contribution < -0.4 is 5.32 Å².